The summed E-state index contributed by atoms with van der Waals surface area (Å²) in [6, 6.07) is 9.05. The number of fused-ring (bicyclic) bond motifs is 2. The molecule has 6 heteroatoms. The molecule has 1 N–H and O–H groups in total. The fourth-order valence-electron chi connectivity index (χ4n) is 3.50. The molecule has 0 aliphatic carbocycles. The molecule has 0 saturated carbocycles. The number of sulfonamides is 1. The van der Waals surface area contributed by atoms with Gasteiger partial charge in [0.25, 0.3) is 0 Å². The maximum absolute atomic E-state index is 12.4. The lowest BCUT2D eigenvalue weighted by Gasteiger charge is -2.36. The van der Waals surface area contributed by atoms with Crippen LogP contribution in [0, 0.1) is 11.3 Å². The smallest absolute Gasteiger partial charge is 0.240 e. The average molecular weight is 305 g/mol. The second kappa shape index (κ2) is 5.41. The molecule has 2 fully saturated rings. The van der Waals surface area contributed by atoms with Crippen LogP contribution in [0.25, 0.3) is 0 Å². The van der Waals surface area contributed by atoms with Crippen LogP contribution in [0.4, 0.5) is 0 Å². The first-order valence-electron chi connectivity index (χ1n) is 7.24. The van der Waals surface area contributed by atoms with Gasteiger partial charge in [0.2, 0.25) is 10.0 Å². The monoisotopic (exact) mass is 305 g/mol. The fraction of sp³-hybridized carbons (Fsp3) is 0.533. The summed E-state index contributed by atoms with van der Waals surface area (Å²) in [5.74, 6) is 0. The van der Waals surface area contributed by atoms with Gasteiger partial charge in [0.1, 0.15) is 0 Å². The molecule has 1 aromatic carbocycles. The molecule has 2 aliphatic rings. The predicted octanol–water partition coefficient (Wildman–Crippen LogP) is 1.46. The Morgan fingerprint density at radius 3 is 2.29 bits per heavy atom. The molecule has 0 radical (unpaired) electrons. The maximum atomic E-state index is 12.4. The summed E-state index contributed by atoms with van der Waals surface area (Å²) in [5.41, 5.74) is 0.464. The van der Waals surface area contributed by atoms with Crippen LogP contribution >= 0.6 is 0 Å². The molecule has 0 unspecified atom stereocenters. The van der Waals surface area contributed by atoms with Crippen molar-refractivity contribution in [2.75, 3.05) is 7.05 Å². The van der Waals surface area contributed by atoms with Gasteiger partial charge in [0.15, 0.2) is 0 Å². The minimum atomic E-state index is -3.50. The van der Waals surface area contributed by atoms with Gasteiger partial charge in [-0.3, -0.25) is 0 Å². The molecular weight excluding hydrogens is 286 g/mol. The number of hydrogen-bond acceptors (Lipinski definition) is 4. The van der Waals surface area contributed by atoms with Gasteiger partial charge in [0.05, 0.1) is 16.5 Å². The van der Waals surface area contributed by atoms with E-state index in [0.717, 1.165) is 25.7 Å². The standard InChI is InChI=1S/C15H19N3O2S/c1-18-13-4-5-14(18)9-12(8-13)17-21(19,20)15-6-2-11(10-16)3-7-15/h2-3,6-7,12-14,17H,4-5,8-9H2,1H3/t13-,14-/m1/s1. The molecule has 5 nitrogen and oxygen atoms in total. The summed E-state index contributed by atoms with van der Waals surface area (Å²) in [6.45, 7) is 0. The Hall–Kier alpha value is -1.42. The minimum absolute atomic E-state index is 0.0133. The lowest BCUT2D eigenvalue weighted by atomic mass is 9.99. The summed E-state index contributed by atoms with van der Waals surface area (Å²) in [7, 11) is -1.37. The summed E-state index contributed by atoms with van der Waals surface area (Å²) in [4.78, 5) is 2.61. The first-order chi connectivity index (χ1) is 9.99. The third-order valence-corrected chi connectivity index (χ3v) is 6.25. The molecule has 0 aromatic heterocycles. The van der Waals surface area contributed by atoms with Crippen molar-refractivity contribution in [3.8, 4) is 6.07 Å². The third kappa shape index (κ3) is 2.82. The highest BCUT2D eigenvalue weighted by Gasteiger charge is 2.39. The Labute approximate surface area is 125 Å². The van der Waals surface area contributed by atoms with Crippen LogP contribution in [-0.4, -0.2) is 38.5 Å². The van der Waals surface area contributed by atoms with E-state index in [0.29, 0.717) is 17.6 Å². The normalized spacial score (nSPS) is 29.2. The number of nitrogens with one attached hydrogen (secondary N) is 1. The van der Waals surface area contributed by atoms with E-state index in [1.807, 2.05) is 6.07 Å². The van der Waals surface area contributed by atoms with Crippen molar-refractivity contribution < 1.29 is 8.42 Å². The number of rotatable bonds is 3. The highest BCUT2D eigenvalue weighted by Crippen LogP contribution is 2.34. The number of nitriles is 1. The molecule has 0 spiro atoms. The van der Waals surface area contributed by atoms with Crippen molar-refractivity contribution in [2.45, 2.75) is 48.7 Å². The summed E-state index contributed by atoms with van der Waals surface area (Å²) >= 11 is 0. The van der Waals surface area contributed by atoms with Crippen LogP contribution in [0.3, 0.4) is 0 Å². The molecule has 0 amide bonds. The van der Waals surface area contributed by atoms with Gasteiger partial charge in [0, 0.05) is 18.1 Å². The first-order valence-corrected chi connectivity index (χ1v) is 8.72. The molecule has 1 aromatic rings. The van der Waals surface area contributed by atoms with Crippen LogP contribution < -0.4 is 4.72 Å². The Bertz CT molecular complexity index is 649. The predicted molar refractivity (Wildman–Crippen MR) is 79.1 cm³/mol. The van der Waals surface area contributed by atoms with Gasteiger partial charge < -0.3 is 4.90 Å². The zero-order valence-corrected chi connectivity index (χ0v) is 12.8. The average Bonchev–Trinajstić information content (AvgIpc) is 2.69. The molecule has 2 saturated heterocycles. The maximum Gasteiger partial charge on any atom is 0.240 e. The zero-order valence-electron chi connectivity index (χ0n) is 12.0. The summed E-state index contributed by atoms with van der Waals surface area (Å²) in [5, 5.41) is 8.76. The molecule has 3 rings (SSSR count). The van der Waals surface area contributed by atoms with Gasteiger partial charge in [-0.2, -0.15) is 5.26 Å². The van der Waals surface area contributed by atoms with E-state index in [4.69, 9.17) is 5.26 Å². The fourth-order valence-corrected chi connectivity index (χ4v) is 4.77. The lowest BCUT2D eigenvalue weighted by molar-refractivity contribution is 0.157. The Kier molecular flexibility index (Phi) is 3.74. The largest absolute Gasteiger partial charge is 0.300 e. The van der Waals surface area contributed by atoms with Crippen molar-refractivity contribution in [3.05, 3.63) is 29.8 Å². The lowest BCUT2D eigenvalue weighted by Crippen LogP contribution is -2.48. The van der Waals surface area contributed by atoms with Crippen LogP contribution in [0.15, 0.2) is 29.2 Å². The topological polar surface area (TPSA) is 73.2 Å². The second-order valence-corrected chi connectivity index (χ2v) is 7.69. The van der Waals surface area contributed by atoms with Crippen molar-refractivity contribution in [1.82, 2.24) is 9.62 Å². The molecule has 2 aliphatic heterocycles. The van der Waals surface area contributed by atoms with Crippen molar-refractivity contribution in [2.24, 2.45) is 0 Å². The van der Waals surface area contributed by atoms with Crippen LogP contribution in [0.2, 0.25) is 0 Å². The number of hydrogen-bond donors (Lipinski definition) is 1. The highest BCUT2D eigenvalue weighted by atomic mass is 32.2. The van der Waals surface area contributed by atoms with Crippen molar-refractivity contribution in [1.29, 1.82) is 5.26 Å². The number of nitrogens with zero attached hydrogens (tertiary/aromatic N) is 2. The summed E-state index contributed by atoms with van der Waals surface area (Å²) in [6.07, 6.45) is 4.08. The van der Waals surface area contributed by atoms with Gasteiger partial charge in [-0.15, -0.1) is 0 Å². The van der Waals surface area contributed by atoms with Crippen LogP contribution in [0.1, 0.15) is 31.2 Å². The van der Waals surface area contributed by atoms with Crippen molar-refractivity contribution >= 4 is 10.0 Å². The molecule has 2 atom stereocenters. The molecular formula is C15H19N3O2S. The molecule has 21 heavy (non-hydrogen) atoms. The number of piperidine rings is 1. The van der Waals surface area contributed by atoms with E-state index < -0.39 is 10.0 Å². The van der Waals surface area contributed by atoms with E-state index in [2.05, 4.69) is 16.7 Å². The molecule has 112 valence electrons. The van der Waals surface area contributed by atoms with E-state index in [9.17, 15) is 8.42 Å². The Morgan fingerprint density at radius 1 is 1.19 bits per heavy atom. The third-order valence-electron chi connectivity index (χ3n) is 4.71. The van der Waals surface area contributed by atoms with E-state index in [1.54, 1.807) is 0 Å². The summed E-state index contributed by atoms with van der Waals surface area (Å²) < 4.78 is 27.6. The molecule has 2 heterocycles. The SMILES string of the molecule is CN1[C@@H]2CC[C@@H]1CC(NS(=O)(=O)c1ccc(C#N)cc1)C2. The second-order valence-electron chi connectivity index (χ2n) is 5.98. The van der Waals surface area contributed by atoms with Gasteiger partial charge in [-0.1, -0.05) is 0 Å². The van der Waals surface area contributed by atoms with Crippen molar-refractivity contribution in [3.63, 3.8) is 0 Å². The highest BCUT2D eigenvalue weighted by molar-refractivity contribution is 7.89. The zero-order chi connectivity index (χ0) is 15.0. The van der Waals surface area contributed by atoms with Gasteiger partial charge >= 0.3 is 0 Å². The van der Waals surface area contributed by atoms with Gasteiger partial charge in [-0.05, 0) is 57.0 Å². The van der Waals surface area contributed by atoms with E-state index in [-0.39, 0.29) is 10.9 Å². The Balaban J connectivity index is 1.73. The Morgan fingerprint density at radius 2 is 1.76 bits per heavy atom. The minimum Gasteiger partial charge on any atom is -0.300 e. The number of benzene rings is 1. The first kappa shape index (κ1) is 14.5. The quantitative estimate of drug-likeness (QED) is 0.917. The molecule has 2 bridgehead atoms. The van der Waals surface area contributed by atoms with Gasteiger partial charge in [-0.25, -0.2) is 13.1 Å². The van der Waals surface area contributed by atoms with E-state index >= 15 is 0 Å². The van der Waals surface area contributed by atoms with Crippen LogP contribution in [-0.2, 0) is 10.0 Å². The van der Waals surface area contributed by atoms with Crippen LogP contribution in [0.5, 0.6) is 0 Å². The van der Waals surface area contributed by atoms with E-state index in [1.165, 1.54) is 24.3 Å².